The van der Waals surface area contributed by atoms with Crippen LogP contribution in [0.15, 0.2) is 36.8 Å². The molecule has 11 heteroatoms. The molecule has 3 amide bonds. The maximum Gasteiger partial charge on any atom is 0.329 e. The van der Waals surface area contributed by atoms with Crippen LogP contribution in [-0.4, -0.2) is 45.1 Å². The van der Waals surface area contributed by atoms with Crippen LogP contribution in [0.1, 0.15) is 24.4 Å². The molecule has 2 fully saturated rings. The number of urea groups is 1. The Kier molecular flexibility index (Phi) is 4.63. The second-order valence-electron chi connectivity index (χ2n) is 8.10. The highest BCUT2D eigenvalue weighted by Gasteiger charge is 2.46. The van der Waals surface area contributed by atoms with Gasteiger partial charge in [-0.3, -0.25) is 14.5 Å². The number of amides is 3. The van der Waals surface area contributed by atoms with Crippen LogP contribution >= 0.6 is 23.4 Å². The van der Waals surface area contributed by atoms with Crippen LogP contribution in [0.5, 0.6) is 5.75 Å². The number of methoxy groups -OCH3 is 1. The summed E-state index contributed by atoms with van der Waals surface area (Å²) in [5, 5.41) is 7.72. The van der Waals surface area contributed by atoms with Gasteiger partial charge in [-0.15, -0.1) is 11.8 Å². The second-order valence-corrected chi connectivity index (χ2v) is 9.69. The van der Waals surface area contributed by atoms with Crippen molar-refractivity contribution in [3.05, 3.63) is 53.2 Å². The number of anilines is 1. The minimum absolute atomic E-state index is 0.0499. The number of nitrogens with zero attached hydrogens (tertiary/aromatic N) is 4. The van der Waals surface area contributed by atoms with Crippen molar-refractivity contribution in [2.24, 2.45) is 0 Å². The average Bonchev–Trinajstić information content (AvgIpc) is 3.39. The minimum atomic E-state index is -0.600. The highest BCUT2D eigenvalue weighted by Crippen LogP contribution is 2.46. The largest absolute Gasteiger partial charge is 0.494 e. The fraction of sp³-hybridized carbons (Fsp3) is 0.273. The van der Waals surface area contributed by atoms with Crippen molar-refractivity contribution in [3.63, 3.8) is 0 Å². The van der Waals surface area contributed by atoms with Crippen molar-refractivity contribution in [1.29, 1.82) is 0 Å². The molecular formula is C22H17ClFN5O3S. The molecule has 0 spiro atoms. The van der Waals surface area contributed by atoms with Crippen molar-refractivity contribution in [3.8, 4) is 5.75 Å². The first kappa shape index (κ1) is 20.5. The predicted molar refractivity (Wildman–Crippen MR) is 123 cm³/mol. The van der Waals surface area contributed by atoms with Gasteiger partial charge in [0.05, 0.1) is 47.8 Å². The van der Waals surface area contributed by atoms with E-state index in [1.165, 1.54) is 37.2 Å². The van der Waals surface area contributed by atoms with Crippen molar-refractivity contribution in [2.75, 3.05) is 12.0 Å². The summed E-state index contributed by atoms with van der Waals surface area (Å²) in [7, 11) is 1.37. The number of hydrogen-bond acceptors (Lipinski definition) is 6. The number of carbonyl (C=O) groups excluding carboxylic acids is 2. The molecule has 8 nitrogen and oxygen atoms in total. The van der Waals surface area contributed by atoms with Crippen molar-refractivity contribution in [1.82, 2.24) is 20.1 Å². The van der Waals surface area contributed by atoms with Gasteiger partial charge in [0.15, 0.2) is 11.6 Å². The van der Waals surface area contributed by atoms with E-state index in [2.05, 4.69) is 15.4 Å². The normalized spacial score (nSPS) is 22.4. The van der Waals surface area contributed by atoms with Crippen molar-refractivity contribution in [2.45, 2.75) is 30.2 Å². The molecule has 3 aliphatic rings. The molecule has 3 aromatic rings. The Hall–Kier alpha value is -3.11. The number of nitrogens with one attached hydrogen (secondary N) is 1. The number of benzene rings is 1. The molecule has 2 unspecified atom stereocenters. The van der Waals surface area contributed by atoms with Crippen molar-refractivity contribution < 1.29 is 18.7 Å². The van der Waals surface area contributed by atoms with E-state index in [4.69, 9.17) is 16.3 Å². The summed E-state index contributed by atoms with van der Waals surface area (Å²) in [6, 6.07) is 1.89. The molecular weight excluding hydrogens is 469 g/mol. The van der Waals surface area contributed by atoms with Crippen LogP contribution in [0.3, 0.4) is 0 Å². The Labute approximate surface area is 196 Å². The lowest BCUT2D eigenvalue weighted by Crippen LogP contribution is -2.60. The predicted octanol–water partition coefficient (Wildman–Crippen LogP) is 4.15. The smallest absolute Gasteiger partial charge is 0.329 e. The number of carbonyl (C=O) groups is 2. The van der Waals surface area contributed by atoms with Gasteiger partial charge in [0.2, 0.25) is 0 Å². The molecule has 2 aromatic heterocycles. The molecule has 2 aliphatic heterocycles. The lowest BCUT2D eigenvalue weighted by atomic mass is 10.1. The van der Waals surface area contributed by atoms with E-state index in [9.17, 15) is 14.0 Å². The third kappa shape index (κ3) is 3.19. The monoisotopic (exact) mass is 485 g/mol. The molecule has 168 valence electrons. The van der Waals surface area contributed by atoms with Gasteiger partial charge in [0.25, 0.3) is 5.91 Å². The van der Waals surface area contributed by atoms with Gasteiger partial charge in [-0.1, -0.05) is 11.6 Å². The fourth-order valence-corrected chi connectivity index (χ4v) is 5.86. The highest BCUT2D eigenvalue weighted by molar-refractivity contribution is 8.09. The highest BCUT2D eigenvalue weighted by atomic mass is 35.5. The Bertz CT molecular complexity index is 1370. The second kappa shape index (κ2) is 7.46. The number of fused-ring (bicyclic) bond motifs is 2. The minimum Gasteiger partial charge on any atom is -0.494 e. The summed E-state index contributed by atoms with van der Waals surface area (Å²) >= 11 is 7.56. The maximum atomic E-state index is 14.0. The number of pyridine rings is 1. The Morgan fingerprint density at radius 1 is 1.24 bits per heavy atom. The summed E-state index contributed by atoms with van der Waals surface area (Å²) in [4.78, 5) is 32.7. The Balaban J connectivity index is 1.36. The van der Waals surface area contributed by atoms with E-state index < -0.39 is 23.1 Å². The molecule has 6 rings (SSSR count). The van der Waals surface area contributed by atoms with E-state index in [0.717, 1.165) is 28.6 Å². The number of ether oxygens (including phenoxy) is 1. The molecule has 0 bridgehead atoms. The third-order valence-corrected chi connectivity index (χ3v) is 7.66. The SMILES string of the molecule is COc1cc(C2=CC3NC(=O)N(c4cncc5cnn(C6CC6)c45)C(=O)C3S2)c(Cl)cc1F. The number of aromatic nitrogens is 3. The molecule has 1 saturated carbocycles. The van der Waals surface area contributed by atoms with Crippen LogP contribution in [0.2, 0.25) is 5.02 Å². The van der Waals surface area contributed by atoms with Gasteiger partial charge < -0.3 is 10.1 Å². The molecule has 1 N–H and O–H groups in total. The van der Waals surface area contributed by atoms with Crippen LogP contribution in [0, 0.1) is 5.82 Å². The van der Waals surface area contributed by atoms with Gasteiger partial charge in [-0.05, 0) is 31.1 Å². The molecule has 2 atom stereocenters. The van der Waals surface area contributed by atoms with Gasteiger partial charge in [-0.25, -0.2) is 14.1 Å². The lowest BCUT2D eigenvalue weighted by Gasteiger charge is -2.33. The van der Waals surface area contributed by atoms with Gasteiger partial charge in [0, 0.05) is 22.1 Å². The zero-order chi connectivity index (χ0) is 22.9. The van der Waals surface area contributed by atoms with Crippen LogP contribution < -0.4 is 15.0 Å². The molecule has 1 aliphatic carbocycles. The molecule has 1 saturated heterocycles. The topological polar surface area (TPSA) is 89.3 Å². The number of halogens is 2. The van der Waals surface area contributed by atoms with Gasteiger partial charge >= 0.3 is 6.03 Å². The van der Waals surface area contributed by atoms with Gasteiger partial charge in [0.1, 0.15) is 5.25 Å². The van der Waals surface area contributed by atoms with E-state index in [1.807, 2.05) is 4.68 Å². The fourth-order valence-electron chi connectivity index (χ4n) is 4.26. The number of hydrogen-bond donors (Lipinski definition) is 1. The van der Waals surface area contributed by atoms with Crippen molar-refractivity contribution >= 4 is 56.8 Å². The Morgan fingerprint density at radius 3 is 2.82 bits per heavy atom. The third-order valence-electron chi connectivity index (χ3n) is 5.99. The molecule has 33 heavy (non-hydrogen) atoms. The lowest BCUT2D eigenvalue weighted by molar-refractivity contribution is -0.118. The maximum absolute atomic E-state index is 14.0. The number of rotatable bonds is 4. The first-order chi connectivity index (χ1) is 16.0. The van der Waals surface area contributed by atoms with E-state index in [-0.39, 0.29) is 22.7 Å². The summed E-state index contributed by atoms with van der Waals surface area (Å²) in [6.45, 7) is 0. The van der Waals surface area contributed by atoms with Gasteiger partial charge in [-0.2, -0.15) is 5.10 Å². The zero-order valence-corrected chi connectivity index (χ0v) is 18.9. The van der Waals surface area contributed by atoms with Crippen LogP contribution in [0.25, 0.3) is 15.8 Å². The molecule has 1 aromatic carbocycles. The van der Waals surface area contributed by atoms with E-state index in [0.29, 0.717) is 16.2 Å². The first-order valence-electron chi connectivity index (χ1n) is 10.3. The number of imide groups is 1. The summed E-state index contributed by atoms with van der Waals surface area (Å²) in [6.07, 6.45) is 8.69. The molecule has 4 heterocycles. The zero-order valence-electron chi connectivity index (χ0n) is 17.3. The van der Waals surface area contributed by atoms with Crippen LogP contribution in [-0.2, 0) is 4.79 Å². The van der Waals surface area contributed by atoms with E-state index >= 15 is 0 Å². The summed E-state index contributed by atoms with van der Waals surface area (Å²) in [5.41, 5.74) is 1.67. The first-order valence-corrected chi connectivity index (χ1v) is 11.6. The molecule has 0 radical (unpaired) electrons. The Morgan fingerprint density at radius 2 is 2.06 bits per heavy atom. The van der Waals surface area contributed by atoms with Crippen LogP contribution in [0.4, 0.5) is 14.9 Å². The summed E-state index contributed by atoms with van der Waals surface area (Å²) in [5.74, 6) is -0.882. The van der Waals surface area contributed by atoms with E-state index in [1.54, 1.807) is 18.5 Å². The standard InChI is InChI=1S/C22H17ClFN5O3S/c1-32-17-4-12(13(23)5-14(17)24)18-6-15-20(33-18)21(30)28(22(31)27-15)16-9-25-7-10-8-26-29(19(10)16)11-2-3-11/h4-9,11,15,20H,2-3H2,1H3,(H,27,31). The summed E-state index contributed by atoms with van der Waals surface area (Å²) < 4.78 is 20.9. The quantitative estimate of drug-likeness (QED) is 0.597. The average molecular weight is 486 g/mol. The number of thioether (sulfide) groups is 1.